The summed E-state index contributed by atoms with van der Waals surface area (Å²) in [7, 11) is 0. The van der Waals surface area contributed by atoms with Crippen molar-refractivity contribution >= 4 is 0 Å². The predicted octanol–water partition coefficient (Wildman–Crippen LogP) is 4.07. The fourth-order valence-electron chi connectivity index (χ4n) is 2.73. The molecule has 108 valence electrons. The highest BCUT2D eigenvalue weighted by Crippen LogP contribution is 2.35. The van der Waals surface area contributed by atoms with Gasteiger partial charge >= 0.3 is 0 Å². The number of halogens is 1. The van der Waals surface area contributed by atoms with Crippen LogP contribution in [-0.4, -0.2) is 18.8 Å². The zero-order valence-electron chi connectivity index (χ0n) is 12.5. The van der Waals surface area contributed by atoms with Crippen molar-refractivity contribution in [2.45, 2.75) is 52.2 Å². The van der Waals surface area contributed by atoms with Gasteiger partial charge in [0, 0.05) is 6.61 Å². The topological polar surface area (TPSA) is 21.3 Å². The maximum atomic E-state index is 13.5. The molecule has 3 heteroatoms. The van der Waals surface area contributed by atoms with Gasteiger partial charge in [-0.3, -0.25) is 0 Å². The molecule has 0 aliphatic carbocycles. The fourth-order valence-corrected chi connectivity index (χ4v) is 2.73. The Morgan fingerprint density at radius 1 is 1.21 bits per heavy atom. The van der Waals surface area contributed by atoms with Crippen LogP contribution in [0, 0.1) is 5.82 Å². The van der Waals surface area contributed by atoms with E-state index in [0.717, 1.165) is 24.9 Å². The SMILES string of the molecule is CCNC(c1cccc(F)c1)C(CC)(CC)OCC. The normalized spacial score (nSPS) is 13.5. The van der Waals surface area contributed by atoms with Gasteiger partial charge in [0.1, 0.15) is 5.82 Å². The summed E-state index contributed by atoms with van der Waals surface area (Å²) >= 11 is 0. The number of hydrogen-bond donors (Lipinski definition) is 1. The highest BCUT2D eigenvalue weighted by molar-refractivity contribution is 5.23. The van der Waals surface area contributed by atoms with Crippen LogP contribution < -0.4 is 5.32 Å². The number of rotatable bonds is 8. The zero-order chi connectivity index (χ0) is 14.3. The van der Waals surface area contributed by atoms with Crippen LogP contribution in [0.15, 0.2) is 24.3 Å². The molecule has 0 bridgehead atoms. The third-order valence-electron chi connectivity index (χ3n) is 3.75. The van der Waals surface area contributed by atoms with E-state index in [-0.39, 0.29) is 17.5 Å². The van der Waals surface area contributed by atoms with Crippen molar-refractivity contribution in [3.63, 3.8) is 0 Å². The Hall–Kier alpha value is -0.930. The number of likely N-dealkylation sites (N-methyl/N-ethyl adjacent to an activating group) is 1. The molecule has 1 atom stereocenters. The number of hydrogen-bond acceptors (Lipinski definition) is 2. The molecule has 0 amide bonds. The van der Waals surface area contributed by atoms with Gasteiger partial charge in [0.2, 0.25) is 0 Å². The van der Waals surface area contributed by atoms with Crippen molar-refractivity contribution in [1.29, 1.82) is 0 Å². The van der Waals surface area contributed by atoms with Gasteiger partial charge in [0.25, 0.3) is 0 Å². The van der Waals surface area contributed by atoms with Gasteiger partial charge in [-0.15, -0.1) is 0 Å². The van der Waals surface area contributed by atoms with Crippen LogP contribution in [0.25, 0.3) is 0 Å². The summed E-state index contributed by atoms with van der Waals surface area (Å²) in [4.78, 5) is 0. The Morgan fingerprint density at radius 2 is 1.89 bits per heavy atom. The third-order valence-corrected chi connectivity index (χ3v) is 3.75. The Labute approximate surface area is 116 Å². The first-order chi connectivity index (χ1) is 9.13. The molecule has 0 spiro atoms. The lowest BCUT2D eigenvalue weighted by molar-refractivity contribution is -0.0730. The molecule has 1 aromatic rings. The molecular formula is C16H26FNO. The first-order valence-corrected chi connectivity index (χ1v) is 7.26. The molecule has 0 heterocycles. The summed E-state index contributed by atoms with van der Waals surface area (Å²) in [6.45, 7) is 9.82. The molecule has 0 radical (unpaired) electrons. The van der Waals surface area contributed by atoms with Crippen molar-refractivity contribution in [2.75, 3.05) is 13.2 Å². The van der Waals surface area contributed by atoms with E-state index >= 15 is 0 Å². The monoisotopic (exact) mass is 267 g/mol. The first-order valence-electron chi connectivity index (χ1n) is 7.26. The average Bonchev–Trinajstić information content (AvgIpc) is 2.43. The van der Waals surface area contributed by atoms with Crippen molar-refractivity contribution in [3.05, 3.63) is 35.6 Å². The van der Waals surface area contributed by atoms with Crippen LogP contribution in [0.2, 0.25) is 0 Å². The third kappa shape index (κ3) is 3.77. The summed E-state index contributed by atoms with van der Waals surface area (Å²) in [5.74, 6) is -0.196. The molecule has 0 aliphatic heterocycles. The zero-order valence-corrected chi connectivity index (χ0v) is 12.5. The van der Waals surface area contributed by atoms with E-state index in [2.05, 4.69) is 26.1 Å². The van der Waals surface area contributed by atoms with Crippen LogP contribution in [-0.2, 0) is 4.74 Å². The molecule has 0 aromatic heterocycles. The molecule has 19 heavy (non-hydrogen) atoms. The van der Waals surface area contributed by atoms with Gasteiger partial charge in [-0.1, -0.05) is 32.9 Å². The van der Waals surface area contributed by atoms with E-state index in [4.69, 9.17) is 4.74 Å². The summed E-state index contributed by atoms with van der Waals surface area (Å²) in [6, 6.07) is 6.83. The largest absolute Gasteiger partial charge is 0.373 e. The minimum atomic E-state index is -0.279. The molecule has 0 fully saturated rings. The van der Waals surface area contributed by atoms with Crippen LogP contribution in [0.3, 0.4) is 0 Å². The average molecular weight is 267 g/mol. The predicted molar refractivity (Wildman–Crippen MR) is 77.8 cm³/mol. The molecule has 1 N–H and O–H groups in total. The van der Waals surface area contributed by atoms with Crippen molar-refractivity contribution in [3.8, 4) is 0 Å². The van der Waals surface area contributed by atoms with E-state index in [1.165, 1.54) is 6.07 Å². The Balaban J connectivity index is 3.16. The van der Waals surface area contributed by atoms with Gasteiger partial charge < -0.3 is 10.1 Å². The highest BCUT2D eigenvalue weighted by Gasteiger charge is 2.37. The summed E-state index contributed by atoms with van der Waals surface area (Å²) in [5, 5.41) is 3.46. The number of nitrogens with one attached hydrogen (secondary N) is 1. The van der Waals surface area contributed by atoms with Crippen molar-refractivity contribution in [2.24, 2.45) is 0 Å². The first kappa shape index (κ1) is 16.1. The van der Waals surface area contributed by atoms with Crippen LogP contribution >= 0.6 is 0 Å². The summed E-state index contributed by atoms with van der Waals surface area (Å²) in [5.41, 5.74) is 0.678. The standard InChI is InChI=1S/C16H26FNO/c1-5-16(6-2,19-8-4)15(18-7-3)13-10-9-11-14(17)12-13/h9-12,15,18H,5-8H2,1-4H3. The van der Waals surface area contributed by atoms with E-state index < -0.39 is 0 Å². The minimum absolute atomic E-state index is 0.0168. The van der Waals surface area contributed by atoms with Crippen LogP contribution in [0.5, 0.6) is 0 Å². The van der Waals surface area contributed by atoms with E-state index in [1.54, 1.807) is 12.1 Å². The smallest absolute Gasteiger partial charge is 0.123 e. The Bertz CT molecular complexity index is 377. The quantitative estimate of drug-likeness (QED) is 0.766. The molecule has 0 aliphatic rings. The lowest BCUT2D eigenvalue weighted by Crippen LogP contribution is -2.45. The number of benzene rings is 1. The second-order valence-electron chi connectivity index (χ2n) is 4.75. The maximum absolute atomic E-state index is 13.5. The fraction of sp³-hybridized carbons (Fsp3) is 0.625. The highest BCUT2D eigenvalue weighted by atomic mass is 19.1. The second kappa shape index (κ2) is 7.61. The molecular weight excluding hydrogens is 241 g/mol. The van der Waals surface area contributed by atoms with E-state index in [1.807, 2.05) is 13.0 Å². The molecule has 2 nitrogen and oxygen atoms in total. The van der Waals surface area contributed by atoms with Gasteiger partial charge in [-0.2, -0.15) is 0 Å². The molecule has 0 saturated carbocycles. The van der Waals surface area contributed by atoms with E-state index in [9.17, 15) is 4.39 Å². The van der Waals surface area contributed by atoms with E-state index in [0.29, 0.717) is 6.61 Å². The molecule has 1 aromatic carbocycles. The lowest BCUT2D eigenvalue weighted by Gasteiger charge is -2.40. The van der Waals surface area contributed by atoms with Crippen LogP contribution in [0.1, 0.15) is 52.1 Å². The Kier molecular flexibility index (Phi) is 6.46. The van der Waals surface area contributed by atoms with Crippen molar-refractivity contribution < 1.29 is 9.13 Å². The molecule has 0 saturated heterocycles. The molecule has 1 rings (SSSR count). The summed E-state index contributed by atoms with van der Waals surface area (Å²) in [6.07, 6.45) is 1.79. The Morgan fingerprint density at radius 3 is 2.37 bits per heavy atom. The lowest BCUT2D eigenvalue weighted by atomic mass is 9.83. The summed E-state index contributed by atoms with van der Waals surface area (Å²) < 4.78 is 19.5. The van der Waals surface area contributed by atoms with Crippen LogP contribution in [0.4, 0.5) is 4.39 Å². The number of ether oxygens (including phenoxy) is 1. The molecule has 1 unspecified atom stereocenters. The van der Waals surface area contributed by atoms with Gasteiger partial charge in [0.05, 0.1) is 11.6 Å². The second-order valence-corrected chi connectivity index (χ2v) is 4.75. The maximum Gasteiger partial charge on any atom is 0.123 e. The van der Waals surface area contributed by atoms with Crippen molar-refractivity contribution in [1.82, 2.24) is 5.32 Å². The minimum Gasteiger partial charge on any atom is -0.373 e. The van der Waals surface area contributed by atoms with Gasteiger partial charge in [0.15, 0.2) is 0 Å². The van der Waals surface area contributed by atoms with Gasteiger partial charge in [-0.25, -0.2) is 4.39 Å². The van der Waals surface area contributed by atoms with Gasteiger partial charge in [-0.05, 0) is 44.0 Å².